The van der Waals surface area contributed by atoms with Crippen LogP contribution in [0.15, 0.2) is 48.5 Å². The third kappa shape index (κ3) is 4.06. The highest BCUT2D eigenvalue weighted by Crippen LogP contribution is 2.22. The topological polar surface area (TPSA) is 12.0 Å². The lowest BCUT2D eigenvalue weighted by Crippen LogP contribution is -2.30. The number of halogens is 2. The van der Waals surface area contributed by atoms with Crippen LogP contribution in [0.4, 0.5) is 4.39 Å². The number of hydrogen-bond acceptors (Lipinski definition) is 1. The van der Waals surface area contributed by atoms with Crippen molar-refractivity contribution in [3.8, 4) is 0 Å². The molecule has 20 heavy (non-hydrogen) atoms. The first kappa shape index (κ1) is 15.0. The van der Waals surface area contributed by atoms with Gasteiger partial charge < -0.3 is 5.32 Å². The Labute approximate surface area is 124 Å². The van der Waals surface area contributed by atoms with E-state index >= 15 is 0 Å². The van der Waals surface area contributed by atoms with Gasteiger partial charge in [0, 0.05) is 17.1 Å². The van der Waals surface area contributed by atoms with Crippen molar-refractivity contribution in [3.05, 3.63) is 70.5 Å². The molecule has 0 aliphatic rings. The van der Waals surface area contributed by atoms with Crippen LogP contribution < -0.4 is 5.32 Å². The van der Waals surface area contributed by atoms with E-state index in [0.717, 1.165) is 22.6 Å². The van der Waals surface area contributed by atoms with Gasteiger partial charge in [-0.15, -0.1) is 0 Å². The van der Waals surface area contributed by atoms with Gasteiger partial charge in [-0.2, -0.15) is 0 Å². The lowest BCUT2D eigenvalue weighted by molar-refractivity contribution is 0.477. The van der Waals surface area contributed by atoms with Gasteiger partial charge in [-0.25, -0.2) is 4.39 Å². The van der Waals surface area contributed by atoms with E-state index in [4.69, 9.17) is 11.6 Å². The van der Waals surface area contributed by atoms with Gasteiger partial charge in [0.2, 0.25) is 0 Å². The molecule has 0 spiro atoms. The van der Waals surface area contributed by atoms with E-state index in [-0.39, 0.29) is 17.9 Å². The van der Waals surface area contributed by atoms with Crippen LogP contribution in [0.2, 0.25) is 5.02 Å². The lowest BCUT2D eigenvalue weighted by Gasteiger charge is -2.21. The Bertz CT molecular complexity index is 553. The molecule has 0 radical (unpaired) electrons. The van der Waals surface area contributed by atoms with Gasteiger partial charge in [-0.05, 0) is 49.6 Å². The fourth-order valence-electron chi connectivity index (χ4n) is 2.38. The second-order valence-electron chi connectivity index (χ2n) is 5.14. The zero-order valence-electron chi connectivity index (χ0n) is 11.7. The van der Waals surface area contributed by atoms with Crippen LogP contribution in [0.25, 0.3) is 0 Å². The summed E-state index contributed by atoms with van der Waals surface area (Å²) in [6.45, 7) is 4.22. The van der Waals surface area contributed by atoms with E-state index in [1.54, 1.807) is 0 Å². The fourth-order valence-corrected chi connectivity index (χ4v) is 2.68. The van der Waals surface area contributed by atoms with Gasteiger partial charge in [0.25, 0.3) is 0 Å². The van der Waals surface area contributed by atoms with Crippen LogP contribution in [-0.4, -0.2) is 6.04 Å². The molecule has 0 aliphatic carbocycles. The first-order valence-electron chi connectivity index (χ1n) is 6.81. The second kappa shape index (κ2) is 6.87. The molecule has 1 nitrogen and oxygen atoms in total. The van der Waals surface area contributed by atoms with Crippen LogP contribution in [0.1, 0.15) is 31.0 Å². The second-order valence-corrected chi connectivity index (χ2v) is 5.55. The monoisotopic (exact) mass is 291 g/mol. The molecule has 0 saturated carbocycles. The maximum absolute atomic E-state index is 12.9. The van der Waals surface area contributed by atoms with Crippen LogP contribution in [0.5, 0.6) is 0 Å². The van der Waals surface area contributed by atoms with Gasteiger partial charge in [-0.1, -0.05) is 41.9 Å². The van der Waals surface area contributed by atoms with Crippen LogP contribution in [-0.2, 0) is 6.42 Å². The van der Waals surface area contributed by atoms with Crippen LogP contribution in [0, 0.1) is 5.82 Å². The first-order chi connectivity index (χ1) is 9.56. The standard InChI is InChI=1S/C17H19ClFN/c1-12(11-14-7-9-15(19)10-8-14)20-13(2)16-5-3-4-6-17(16)18/h3-10,12-13,20H,11H2,1-2H3/t12?,13-/m1/s1. The summed E-state index contributed by atoms with van der Waals surface area (Å²) in [6, 6.07) is 15.0. The molecule has 0 aliphatic heterocycles. The zero-order valence-corrected chi connectivity index (χ0v) is 12.5. The molecule has 1 unspecified atom stereocenters. The SMILES string of the molecule is CC(Cc1ccc(F)cc1)N[C@H](C)c1ccccc1Cl. The van der Waals surface area contributed by atoms with Crippen molar-refractivity contribution in [2.24, 2.45) is 0 Å². The highest BCUT2D eigenvalue weighted by Gasteiger charge is 2.12. The Morgan fingerprint density at radius 2 is 1.70 bits per heavy atom. The molecule has 2 aromatic rings. The summed E-state index contributed by atoms with van der Waals surface area (Å²) in [4.78, 5) is 0. The van der Waals surface area contributed by atoms with E-state index in [1.165, 1.54) is 12.1 Å². The molecule has 0 heterocycles. The molecule has 0 fully saturated rings. The molecule has 3 heteroatoms. The Kier molecular flexibility index (Phi) is 5.16. The van der Waals surface area contributed by atoms with Crippen molar-refractivity contribution < 1.29 is 4.39 Å². The summed E-state index contributed by atoms with van der Waals surface area (Å²) in [6.07, 6.45) is 0.856. The van der Waals surface area contributed by atoms with Crippen molar-refractivity contribution in [1.29, 1.82) is 0 Å². The van der Waals surface area contributed by atoms with E-state index in [2.05, 4.69) is 19.2 Å². The third-order valence-corrected chi connectivity index (χ3v) is 3.71. The van der Waals surface area contributed by atoms with Gasteiger partial charge in [0.1, 0.15) is 5.82 Å². The molecule has 0 saturated heterocycles. The van der Waals surface area contributed by atoms with Crippen LogP contribution in [0.3, 0.4) is 0 Å². The lowest BCUT2D eigenvalue weighted by atomic mass is 10.0. The molecule has 0 amide bonds. The normalized spacial score (nSPS) is 14.0. The summed E-state index contributed by atoms with van der Waals surface area (Å²) in [5.41, 5.74) is 2.22. The number of nitrogens with one attached hydrogen (secondary N) is 1. The predicted octanol–water partition coefficient (Wildman–Crippen LogP) is 4.76. The van der Waals surface area contributed by atoms with Crippen molar-refractivity contribution >= 4 is 11.6 Å². The quantitative estimate of drug-likeness (QED) is 0.837. The Balaban J connectivity index is 1.96. The van der Waals surface area contributed by atoms with Crippen molar-refractivity contribution in [3.63, 3.8) is 0 Å². The largest absolute Gasteiger partial charge is 0.307 e. The van der Waals surface area contributed by atoms with Crippen LogP contribution >= 0.6 is 11.6 Å². The molecule has 1 N–H and O–H groups in total. The molecule has 2 aromatic carbocycles. The predicted molar refractivity (Wildman–Crippen MR) is 82.6 cm³/mol. The average molecular weight is 292 g/mol. The van der Waals surface area contributed by atoms with E-state index < -0.39 is 0 Å². The maximum atomic E-state index is 12.9. The third-order valence-electron chi connectivity index (χ3n) is 3.36. The molecule has 106 valence electrons. The number of hydrogen-bond donors (Lipinski definition) is 1. The average Bonchev–Trinajstić information content (AvgIpc) is 2.41. The minimum Gasteiger partial charge on any atom is -0.307 e. The molecule has 2 atom stereocenters. The highest BCUT2D eigenvalue weighted by atomic mass is 35.5. The Morgan fingerprint density at radius 3 is 2.35 bits per heavy atom. The molecule has 2 rings (SSSR count). The summed E-state index contributed by atoms with van der Waals surface area (Å²) >= 11 is 6.20. The highest BCUT2D eigenvalue weighted by molar-refractivity contribution is 6.31. The van der Waals surface area contributed by atoms with E-state index in [0.29, 0.717) is 0 Å². The minimum atomic E-state index is -0.196. The molecule has 0 bridgehead atoms. The Morgan fingerprint density at radius 1 is 1.05 bits per heavy atom. The summed E-state index contributed by atoms with van der Waals surface area (Å²) in [7, 11) is 0. The van der Waals surface area contributed by atoms with Crippen molar-refractivity contribution in [2.75, 3.05) is 0 Å². The minimum absolute atomic E-state index is 0.180. The van der Waals surface area contributed by atoms with E-state index in [9.17, 15) is 4.39 Å². The van der Waals surface area contributed by atoms with Gasteiger partial charge in [0.05, 0.1) is 0 Å². The first-order valence-corrected chi connectivity index (χ1v) is 7.19. The van der Waals surface area contributed by atoms with E-state index in [1.807, 2.05) is 36.4 Å². The maximum Gasteiger partial charge on any atom is 0.123 e. The van der Waals surface area contributed by atoms with Crippen molar-refractivity contribution in [1.82, 2.24) is 5.32 Å². The summed E-state index contributed by atoms with van der Waals surface area (Å²) in [5.74, 6) is -0.196. The smallest absolute Gasteiger partial charge is 0.123 e. The summed E-state index contributed by atoms with van der Waals surface area (Å²) < 4.78 is 12.9. The summed E-state index contributed by atoms with van der Waals surface area (Å²) in [5, 5.41) is 4.30. The number of benzene rings is 2. The van der Waals surface area contributed by atoms with Crippen molar-refractivity contribution in [2.45, 2.75) is 32.4 Å². The Hall–Kier alpha value is -1.38. The van der Waals surface area contributed by atoms with Gasteiger partial charge >= 0.3 is 0 Å². The fraction of sp³-hybridized carbons (Fsp3) is 0.294. The molecular weight excluding hydrogens is 273 g/mol. The van der Waals surface area contributed by atoms with Gasteiger partial charge in [-0.3, -0.25) is 0 Å². The number of rotatable bonds is 5. The van der Waals surface area contributed by atoms with Gasteiger partial charge in [0.15, 0.2) is 0 Å². The molecule has 0 aromatic heterocycles. The molecular formula is C17H19ClFN. The zero-order chi connectivity index (χ0) is 14.5.